The third-order valence-corrected chi connectivity index (χ3v) is 6.52. The fourth-order valence-electron chi connectivity index (χ4n) is 3.87. The molecule has 0 aliphatic carbocycles. The van der Waals surface area contributed by atoms with E-state index in [0.717, 1.165) is 29.7 Å². The normalized spacial score (nSPS) is 13.2. The van der Waals surface area contributed by atoms with Gasteiger partial charge in [0.1, 0.15) is 5.00 Å². The van der Waals surface area contributed by atoms with Crippen LogP contribution in [0.15, 0.2) is 48.8 Å². The molecule has 9 heteroatoms. The minimum atomic E-state index is -1.25. The predicted octanol–water partition coefficient (Wildman–Crippen LogP) is 3.83. The average Bonchev–Trinajstić information content (AvgIpc) is 3.16. The lowest BCUT2D eigenvalue weighted by Gasteiger charge is -2.27. The number of hydrogen-bond donors (Lipinski definition) is 2. The fourth-order valence-corrected chi connectivity index (χ4v) is 5.15. The van der Waals surface area contributed by atoms with Crippen molar-refractivity contribution in [3.8, 4) is 0 Å². The Labute approximate surface area is 194 Å². The number of rotatable bonds is 7. The first-order valence-corrected chi connectivity index (χ1v) is 11.4. The van der Waals surface area contributed by atoms with Crippen LogP contribution in [0.2, 0.25) is 0 Å². The summed E-state index contributed by atoms with van der Waals surface area (Å²) in [4.78, 5) is 44.3. The maximum Gasteiger partial charge on any atom is 0.341 e. The van der Waals surface area contributed by atoms with Crippen molar-refractivity contribution in [1.82, 2.24) is 9.88 Å². The number of aromatic nitrogens is 1. The van der Waals surface area contributed by atoms with Crippen molar-refractivity contribution in [3.63, 3.8) is 0 Å². The topological polar surface area (TPSA) is 109 Å². The summed E-state index contributed by atoms with van der Waals surface area (Å²) in [6.07, 6.45) is 3.14. The molecular weight excluding hydrogens is 442 g/mol. The van der Waals surface area contributed by atoms with Crippen LogP contribution in [0, 0.1) is 0 Å². The lowest BCUT2D eigenvalue weighted by molar-refractivity contribution is 0.0525. The summed E-state index contributed by atoms with van der Waals surface area (Å²) in [5.41, 5.74) is 2.21. The van der Waals surface area contributed by atoms with Gasteiger partial charge in [-0.05, 0) is 30.5 Å². The minimum Gasteiger partial charge on any atom is -0.478 e. The third kappa shape index (κ3) is 4.94. The number of fused-ring (bicyclic) bond motifs is 1. The Morgan fingerprint density at radius 1 is 1.18 bits per heavy atom. The van der Waals surface area contributed by atoms with Gasteiger partial charge in [-0.2, -0.15) is 0 Å². The minimum absolute atomic E-state index is 0.0237. The molecule has 8 nitrogen and oxygen atoms in total. The number of nitrogens with one attached hydrogen (secondary N) is 1. The van der Waals surface area contributed by atoms with E-state index in [1.165, 1.54) is 29.2 Å². The van der Waals surface area contributed by atoms with Crippen LogP contribution in [0.25, 0.3) is 0 Å². The molecule has 2 aromatic heterocycles. The van der Waals surface area contributed by atoms with Crippen molar-refractivity contribution in [3.05, 3.63) is 81.5 Å². The monoisotopic (exact) mass is 465 g/mol. The zero-order chi connectivity index (χ0) is 23.4. The van der Waals surface area contributed by atoms with Gasteiger partial charge < -0.3 is 15.2 Å². The number of anilines is 1. The van der Waals surface area contributed by atoms with Crippen molar-refractivity contribution in [2.75, 3.05) is 18.5 Å². The summed E-state index contributed by atoms with van der Waals surface area (Å²) in [5.74, 6) is -2.35. The molecule has 0 spiro atoms. The lowest BCUT2D eigenvalue weighted by Crippen LogP contribution is -2.30. The third-order valence-electron chi connectivity index (χ3n) is 5.39. The van der Waals surface area contributed by atoms with Crippen LogP contribution < -0.4 is 5.32 Å². The number of carboxylic acids is 1. The van der Waals surface area contributed by atoms with E-state index in [9.17, 15) is 19.5 Å². The number of aromatic carboxylic acids is 1. The zero-order valence-corrected chi connectivity index (χ0v) is 18.9. The molecule has 1 aromatic carbocycles. The van der Waals surface area contributed by atoms with Gasteiger partial charge in [0.25, 0.3) is 5.91 Å². The second kappa shape index (κ2) is 9.93. The van der Waals surface area contributed by atoms with E-state index in [0.29, 0.717) is 23.5 Å². The number of ether oxygens (including phenoxy) is 1. The van der Waals surface area contributed by atoms with E-state index < -0.39 is 17.8 Å². The summed E-state index contributed by atoms with van der Waals surface area (Å²) in [6, 6.07) is 11.5. The molecule has 0 fully saturated rings. The number of amides is 1. The molecule has 4 rings (SSSR count). The first-order valence-electron chi connectivity index (χ1n) is 10.5. The number of pyridine rings is 1. The maximum atomic E-state index is 12.9. The van der Waals surface area contributed by atoms with Gasteiger partial charge >= 0.3 is 11.9 Å². The van der Waals surface area contributed by atoms with Gasteiger partial charge in [-0.1, -0.05) is 30.3 Å². The van der Waals surface area contributed by atoms with Crippen LogP contribution in [0.5, 0.6) is 0 Å². The van der Waals surface area contributed by atoms with E-state index in [1.807, 2.05) is 18.2 Å². The molecule has 0 atom stereocenters. The highest BCUT2D eigenvalue weighted by molar-refractivity contribution is 7.17. The quantitative estimate of drug-likeness (QED) is 0.511. The van der Waals surface area contributed by atoms with Crippen molar-refractivity contribution in [1.29, 1.82) is 0 Å². The smallest absolute Gasteiger partial charge is 0.341 e. The van der Waals surface area contributed by atoms with Gasteiger partial charge in [-0.15, -0.1) is 11.3 Å². The average molecular weight is 466 g/mol. The maximum absolute atomic E-state index is 12.9. The Bertz CT molecular complexity index is 1190. The largest absolute Gasteiger partial charge is 0.478 e. The van der Waals surface area contributed by atoms with Crippen molar-refractivity contribution in [2.45, 2.75) is 26.4 Å². The number of nitrogens with zero attached hydrogens (tertiary/aromatic N) is 2. The first-order chi connectivity index (χ1) is 16.0. The molecule has 1 aliphatic heterocycles. The molecule has 2 N–H and O–H groups in total. The molecule has 0 saturated carbocycles. The molecule has 0 unspecified atom stereocenters. The molecule has 33 heavy (non-hydrogen) atoms. The molecule has 170 valence electrons. The molecule has 1 amide bonds. The number of hydrogen-bond acceptors (Lipinski definition) is 7. The summed E-state index contributed by atoms with van der Waals surface area (Å²) < 4.78 is 5.26. The Morgan fingerprint density at radius 3 is 2.70 bits per heavy atom. The molecule has 0 bridgehead atoms. The number of carbonyl (C=O) groups excluding carboxylic acids is 2. The lowest BCUT2D eigenvalue weighted by atomic mass is 10.0. The Morgan fingerprint density at radius 2 is 1.97 bits per heavy atom. The van der Waals surface area contributed by atoms with Gasteiger partial charge in [0.15, 0.2) is 0 Å². The van der Waals surface area contributed by atoms with E-state index >= 15 is 0 Å². The van der Waals surface area contributed by atoms with Crippen LogP contribution in [0.4, 0.5) is 5.00 Å². The number of carbonyl (C=O) groups is 3. The molecule has 3 aromatic rings. The Kier molecular flexibility index (Phi) is 6.81. The fraction of sp³-hybridized carbons (Fsp3) is 0.250. The van der Waals surface area contributed by atoms with E-state index in [2.05, 4.69) is 27.3 Å². The summed E-state index contributed by atoms with van der Waals surface area (Å²) in [7, 11) is 0. The standard InChI is InChI=1S/C24H23N3O5S/c1-2-32-24(31)20-17-9-11-27(13-15-6-4-3-5-7-15)14-19(17)33-22(20)26-21(28)16-8-10-25-12-18(16)23(29)30/h3-8,10,12H,2,9,11,13-14H2,1H3,(H,26,28)(H,29,30). The Balaban J connectivity index is 1.63. The number of benzene rings is 1. The highest BCUT2D eigenvalue weighted by Crippen LogP contribution is 2.38. The van der Waals surface area contributed by atoms with Gasteiger partial charge in [-0.25, -0.2) is 9.59 Å². The van der Waals surface area contributed by atoms with Crippen LogP contribution >= 0.6 is 11.3 Å². The van der Waals surface area contributed by atoms with Crippen molar-refractivity contribution < 1.29 is 24.2 Å². The van der Waals surface area contributed by atoms with Gasteiger partial charge in [0.2, 0.25) is 0 Å². The van der Waals surface area contributed by atoms with Gasteiger partial charge in [-0.3, -0.25) is 14.7 Å². The highest BCUT2D eigenvalue weighted by Gasteiger charge is 2.30. The number of carboxylic acid groups (broad SMARTS) is 1. The zero-order valence-electron chi connectivity index (χ0n) is 18.0. The van der Waals surface area contributed by atoms with Crippen LogP contribution in [0.3, 0.4) is 0 Å². The molecule has 0 radical (unpaired) electrons. The summed E-state index contributed by atoms with van der Waals surface area (Å²) in [5, 5.41) is 12.5. The second-order valence-electron chi connectivity index (χ2n) is 7.56. The molecule has 1 aliphatic rings. The second-order valence-corrected chi connectivity index (χ2v) is 8.66. The van der Waals surface area contributed by atoms with Crippen molar-refractivity contribution in [2.24, 2.45) is 0 Å². The Hall–Kier alpha value is -3.56. The number of thiophene rings is 1. The van der Waals surface area contributed by atoms with Crippen LogP contribution in [-0.2, 0) is 24.2 Å². The summed E-state index contributed by atoms with van der Waals surface area (Å²) in [6.45, 7) is 4.14. The van der Waals surface area contributed by atoms with E-state index in [-0.39, 0.29) is 17.7 Å². The van der Waals surface area contributed by atoms with Crippen LogP contribution in [0.1, 0.15) is 54.0 Å². The van der Waals surface area contributed by atoms with Crippen LogP contribution in [-0.4, -0.2) is 46.0 Å². The summed E-state index contributed by atoms with van der Waals surface area (Å²) >= 11 is 1.33. The molecular formula is C24H23N3O5S. The molecule has 0 saturated heterocycles. The van der Waals surface area contributed by atoms with Gasteiger partial charge in [0, 0.05) is 36.9 Å². The first kappa shape index (κ1) is 22.6. The van der Waals surface area contributed by atoms with Crippen molar-refractivity contribution >= 4 is 34.2 Å². The van der Waals surface area contributed by atoms with E-state index in [4.69, 9.17) is 4.74 Å². The predicted molar refractivity (Wildman–Crippen MR) is 124 cm³/mol. The number of esters is 1. The SMILES string of the molecule is CCOC(=O)c1c(NC(=O)c2ccncc2C(=O)O)sc2c1CCN(Cc1ccccc1)C2. The van der Waals surface area contributed by atoms with Gasteiger partial charge in [0.05, 0.1) is 23.3 Å². The van der Waals surface area contributed by atoms with E-state index in [1.54, 1.807) is 6.92 Å². The highest BCUT2D eigenvalue weighted by atomic mass is 32.1. The molecule has 3 heterocycles.